The van der Waals surface area contributed by atoms with Crippen LogP contribution in [0.1, 0.15) is 36.5 Å². The van der Waals surface area contributed by atoms with Crippen LogP contribution in [-0.2, 0) is 0 Å². The fraction of sp³-hybridized carbons (Fsp3) is 0.545. The number of aryl methyl sites for hydroxylation is 1. The molecule has 3 nitrogen and oxygen atoms in total. The molecule has 2 rings (SSSR count). The van der Waals surface area contributed by atoms with E-state index in [0.717, 1.165) is 17.5 Å². The summed E-state index contributed by atoms with van der Waals surface area (Å²) in [7, 11) is 0. The highest BCUT2D eigenvalue weighted by Crippen LogP contribution is 2.38. The van der Waals surface area contributed by atoms with Gasteiger partial charge >= 0.3 is 0 Å². The topological polar surface area (TPSA) is 59.1 Å². The van der Waals surface area contributed by atoms with Gasteiger partial charge in [0.15, 0.2) is 0 Å². The number of aliphatic hydroxyl groups excluding tert-OH is 1. The predicted molar refractivity (Wildman–Crippen MR) is 55.7 cm³/mol. The lowest BCUT2D eigenvalue weighted by atomic mass is 10.0. The molecule has 1 aliphatic rings. The Morgan fingerprint density at radius 1 is 1.64 bits per heavy atom. The van der Waals surface area contributed by atoms with Crippen LogP contribution in [0.4, 0.5) is 5.82 Å². The van der Waals surface area contributed by atoms with Gasteiger partial charge in [-0.3, -0.25) is 0 Å². The first-order valence-corrected chi connectivity index (χ1v) is 5.07. The standard InChI is InChI=1S/C11H16N2O/c1-7-4-9(11(12)13-6-7)10(14)5-8-2-3-8/h4,6,8,10,14H,2-3,5H2,1H3,(H2,12,13). The summed E-state index contributed by atoms with van der Waals surface area (Å²) in [5.74, 6) is 1.16. The Bertz CT molecular complexity index is 334. The van der Waals surface area contributed by atoms with Gasteiger partial charge in [0.1, 0.15) is 5.82 Å². The SMILES string of the molecule is Cc1cnc(N)c(C(O)CC2CC2)c1. The lowest BCUT2D eigenvalue weighted by Gasteiger charge is -2.12. The average molecular weight is 192 g/mol. The van der Waals surface area contributed by atoms with Gasteiger partial charge in [-0.25, -0.2) is 4.98 Å². The van der Waals surface area contributed by atoms with E-state index in [1.165, 1.54) is 12.8 Å². The van der Waals surface area contributed by atoms with Crippen molar-refractivity contribution in [2.75, 3.05) is 5.73 Å². The number of hydrogen-bond donors (Lipinski definition) is 2. The predicted octanol–water partition coefficient (Wildman–Crippen LogP) is 1.81. The van der Waals surface area contributed by atoms with Crippen molar-refractivity contribution in [2.45, 2.75) is 32.3 Å². The smallest absolute Gasteiger partial charge is 0.129 e. The molecule has 0 aliphatic heterocycles. The molecule has 0 aromatic carbocycles. The molecule has 14 heavy (non-hydrogen) atoms. The van der Waals surface area contributed by atoms with E-state index in [9.17, 15) is 5.11 Å². The Labute approximate surface area is 84.0 Å². The van der Waals surface area contributed by atoms with Crippen LogP contribution in [0, 0.1) is 12.8 Å². The molecule has 1 aliphatic carbocycles. The van der Waals surface area contributed by atoms with E-state index in [-0.39, 0.29) is 0 Å². The molecule has 0 radical (unpaired) electrons. The van der Waals surface area contributed by atoms with Crippen LogP contribution in [0.3, 0.4) is 0 Å². The highest BCUT2D eigenvalue weighted by molar-refractivity contribution is 5.42. The quantitative estimate of drug-likeness (QED) is 0.767. The summed E-state index contributed by atoms with van der Waals surface area (Å²) in [4.78, 5) is 4.05. The van der Waals surface area contributed by atoms with Crippen LogP contribution < -0.4 is 5.73 Å². The maximum Gasteiger partial charge on any atom is 0.129 e. The molecule has 3 heteroatoms. The van der Waals surface area contributed by atoms with Crippen molar-refractivity contribution in [1.29, 1.82) is 0 Å². The number of aromatic nitrogens is 1. The third-order valence-electron chi connectivity index (χ3n) is 2.70. The Morgan fingerprint density at radius 2 is 2.36 bits per heavy atom. The minimum absolute atomic E-state index is 0.435. The van der Waals surface area contributed by atoms with Crippen molar-refractivity contribution >= 4 is 5.82 Å². The third kappa shape index (κ3) is 2.04. The lowest BCUT2D eigenvalue weighted by Crippen LogP contribution is -2.05. The molecule has 0 bridgehead atoms. The van der Waals surface area contributed by atoms with Crippen molar-refractivity contribution in [3.8, 4) is 0 Å². The average Bonchev–Trinajstić information content (AvgIpc) is 2.93. The van der Waals surface area contributed by atoms with E-state index in [1.54, 1.807) is 6.20 Å². The van der Waals surface area contributed by atoms with Gasteiger partial charge in [-0.1, -0.05) is 12.8 Å². The second-order valence-electron chi connectivity index (χ2n) is 4.18. The summed E-state index contributed by atoms with van der Waals surface area (Å²) in [6.07, 6.45) is 4.61. The van der Waals surface area contributed by atoms with E-state index in [0.29, 0.717) is 11.7 Å². The fourth-order valence-electron chi connectivity index (χ4n) is 1.67. The van der Waals surface area contributed by atoms with Crippen LogP contribution in [-0.4, -0.2) is 10.1 Å². The number of pyridine rings is 1. The zero-order valence-corrected chi connectivity index (χ0v) is 8.40. The molecule has 1 saturated carbocycles. The van der Waals surface area contributed by atoms with E-state index in [1.807, 2.05) is 13.0 Å². The van der Waals surface area contributed by atoms with Crippen LogP contribution in [0.15, 0.2) is 12.3 Å². The molecule has 1 heterocycles. The van der Waals surface area contributed by atoms with Crippen molar-refractivity contribution in [3.63, 3.8) is 0 Å². The lowest BCUT2D eigenvalue weighted by molar-refractivity contribution is 0.160. The van der Waals surface area contributed by atoms with Gasteiger partial charge in [0.25, 0.3) is 0 Å². The Morgan fingerprint density at radius 3 is 3.00 bits per heavy atom. The number of nitrogens with two attached hydrogens (primary N) is 1. The van der Waals surface area contributed by atoms with Gasteiger partial charge in [0.2, 0.25) is 0 Å². The first-order valence-electron chi connectivity index (χ1n) is 5.07. The molecular formula is C11H16N2O. The summed E-state index contributed by atoms with van der Waals surface area (Å²) >= 11 is 0. The molecule has 3 N–H and O–H groups in total. The molecular weight excluding hydrogens is 176 g/mol. The van der Waals surface area contributed by atoms with E-state index in [4.69, 9.17) is 5.73 Å². The number of anilines is 1. The number of nitrogen functional groups attached to an aromatic ring is 1. The minimum Gasteiger partial charge on any atom is -0.388 e. The summed E-state index contributed by atoms with van der Waals surface area (Å²) in [5, 5.41) is 9.92. The highest BCUT2D eigenvalue weighted by Gasteiger charge is 2.26. The maximum absolute atomic E-state index is 9.92. The first-order chi connectivity index (χ1) is 6.66. The second kappa shape index (κ2) is 3.58. The highest BCUT2D eigenvalue weighted by atomic mass is 16.3. The summed E-state index contributed by atoms with van der Waals surface area (Å²) in [6, 6.07) is 1.93. The van der Waals surface area contributed by atoms with Crippen molar-refractivity contribution < 1.29 is 5.11 Å². The molecule has 1 atom stereocenters. The van der Waals surface area contributed by atoms with Gasteiger partial charge < -0.3 is 10.8 Å². The maximum atomic E-state index is 9.92. The first kappa shape index (κ1) is 9.46. The third-order valence-corrected chi connectivity index (χ3v) is 2.70. The molecule has 1 aromatic heterocycles. The fourth-order valence-corrected chi connectivity index (χ4v) is 1.67. The summed E-state index contributed by atoms with van der Waals surface area (Å²) in [5.41, 5.74) is 7.55. The van der Waals surface area contributed by atoms with Crippen LogP contribution >= 0.6 is 0 Å². The molecule has 0 amide bonds. The minimum atomic E-state index is -0.435. The largest absolute Gasteiger partial charge is 0.388 e. The van der Waals surface area contributed by atoms with E-state index < -0.39 is 6.10 Å². The summed E-state index contributed by atoms with van der Waals surface area (Å²) < 4.78 is 0. The van der Waals surface area contributed by atoms with Gasteiger partial charge in [0, 0.05) is 11.8 Å². The van der Waals surface area contributed by atoms with Gasteiger partial charge in [0.05, 0.1) is 6.10 Å². The van der Waals surface area contributed by atoms with E-state index in [2.05, 4.69) is 4.98 Å². The van der Waals surface area contributed by atoms with Crippen LogP contribution in [0.2, 0.25) is 0 Å². The molecule has 0 saturated heterocycles. The summed E-state index contributed by atoms with van der Waals surface area (Å²) in [6.45, 7) is 1.96. The van der Waals surface area contributed by atoms with E-state index >= 15 is 0 Å². The van der Waals surface area contributed by atoms with Gasteiger partial charge in [-0.2, -0.15) is 0 Å². The number of hydrogen-bond acceptors (Lipinski definition) is 3. The molecule has 1 unspecified atom stereocenters. The monoisotopic (exact) mass is 192 g/mol. The second-order valence-corrected chi connectivity index (χ2v) is 4.18. The van der Waals surface area contributed by atoms with Gasteiger partial charge in [-0.05, 0) is 30.9 Å². The van der Waals surface area contributed by atoms with Gasteiger partial charge in [-0.15, -0.1) is 0 Å². The molecule has 1 aromatic rings. The Hall–Kier alpha value is -1.09. The molecule has 0 spiro atoms. The number of nitrogens with zero attached hydrogens (tertiary/aromatic N) is 1. The number of aliphatic hydroxyl groups is 1. The van der Waals surface area contributed by atoms with Crippen molar-refractivity contribution in [2.24, 2.45) is 5.92 Å². The zero-order chi connectivity index (χ0) is 10.1. The van der Waals surface area contributed by atoms with Crippen molar-refractivity contribution in [3.05, 3.63) is 23.4 Å². The number of rotatable bonds is 3. The van der Waals surface area contributed by atoms with Crippen LogP contribution in [0.25, 0.3) is 0 Å². The Balaban J connectivity index is 2.15. The normalized spacial score (nSPS) is 18.1. The van der Waals surface area contributed by atoms with Crippen molar-refractivity contribution in [1.82, 2.24) is 4.98 Å². The zero-order valence-electron chi connectivity index (χ0n) is 8.40. The molecule has 76 valence electrons. The Kier molecular flexibility index (Phi) is 2.42. The van der Waals surface area contributed by atoms with Crippen LogP contribution in [0.5, 0.6) is 0 Å². The molecule has 1 fully saturated rings.